The van der Waals surface area contributed by atoms with E-state index in [0.717, 1.165) is 12.1 Å². The number of amides is 2. The minimum Gasteiger partial charge on any atom is -0.465 e. The summed E-state index contributed by atoms with van der Waals surface area (Å²) in [7, 11) is 0. The Morgan fingerprint density at radius 1 is 1.00 bits per heavy atom. The number of anilines is 2. The number of carboxylic acid groups (broad SMARTS) is 1. The highest BCUT2D eigenvalue weighted by atomic mass is 19.1. The fraction of sp³-hybridized carbons (Fsp3) is 0.364. The highest BCUT2D eigenvalue weighted by Crippen LogP contribution is 2.36. The molecule has 0 unspecified atom stereocenters. The van der Waals surface area contributed by atoms with Gasteiger partial charge < -0.3 is 10.4 Å². The second-order valence-electron chi connectivity index (χ2n) is 8.38. The number of nitrogens with one attached hydrogen (secondary N) is 1. The minimum atomic E-state index is -1.57. The molecule has 0 heterocycles. The Hall–Kier alpha value is -3.03. The summed E-state index contributed by atoms with van der Waals surface area (Å²) in [5, 5.41) is 12.1. The van der Waals surface area contributed by atoms with Crippen molar-refractivity contribution >= 4 is 23.4 Å². The van der Waals surface area contributed by atoms with E-state index in [9.17, 15) is 19.1 Å². The van der Waals surface area contributed by atoms with Crippen molar-refractivity contribution in [3.63, 3.8) is 0 Å². The highest BCUT2D eigenvalue weighted by Gasteiger charge is 2.29. The highest BCUT2D eigenvalue weighted by molar-refractivity contribution is 5.94. The first-order chi connectivity index (χ1) is 13.8. The molecule has 0 fully saturated rings. The van der Waals surface area contributed by atoms with Crippen molar-refractivity contribution < 1.29 is 27.9 Å². The standard InChI is InChI=1S/C22H25F3N2O3/c1-12-17(24)20(27(21(29)30)11-14-6-8-15(23)9-7-14)18(25)13(2)19(12)26-16(28)10-22(3,4)5/h6-9H,10-11H2,1-5H3,(H,26,28)(H,29,30). The maximum absolute atomic E-state index is 15.1. The first-order valence-electron chi connectivity index (χ1n) is 9.34. The van der Waals surface area contributed by atoms with Crippen LogP contribution in [0.5, 0.6) is 0 Å². The summed E-state index contributed by atoms with van der Waals surface area (Å²) < 4.78 is 43.3. The van der Waals surface area contributed by atoms with Gasteiger partial charge in [0.1, 0.15) is 11.5 Å². The second kappa shape index (κ2) is 8.77. The topological polar surface area (TPSA) is 69.6 Å². The molecule has 0 bridgehead atoms. The molecule has 2 amide bonds. The number of benzene rings is 2. The molecule has 2 rings (SSSR count). The average Bonchev–Trinajstić information content (AvgIpc) is 2.63. The van der Waals surface area contributed by atoms with Crippen LogP contribution in [0.2, 0.25) is 0 Å². The molecular formula is C22H25F3N2O3. The van der Waals surface area contributed by atoms with E-state index in [2.05, 4.69) is 5.32 Å². The van der Waals surface area contributed by atoms with Gasteiger partial charge in [0.05, 0.1) is 12.2 Å². The van der Waals surface area contributed by atoms with Gasteiger partial charge in [0.25, 0.3) is 0 Å². The Balaban J connectivity index is 2.48. The second-order valence-corrected chi connectivity index (χ2v) is 8.38. The summed E-state index contributed by atoms with van der Waals surface area (Å²) in [6, 6.07) is 4.93. The maximum Gasteiger partial charge on any atom is 0.412 e. The van der Waals surface area contributed by atoms with Gasteiger partial charge in [-0.05, 0) is 37.0 Å². The van der Waals surface area contributed by atoms with Gasteiger partial charge in [0.2, 0.25) is 5.91 Å². The molecule has 0 aromatic heterocycles. The third-order valence-corrected chi connectivity index (χ3v) is 4.53. The summed E-state index contributed by atoms with van der Waals surface area (Å²) in [5.74, 6) is -3.09. The van der Waals surface area contributed by atoms with E-state index in [0.29, 0.717) is 10.5 Å². The van der Waals surface area contributed by atoms with Crippen LogP contribution in [0.25, 0.3) is 0 Å². The first-order valence-corrected chi connectivity index (χ1v) is 9.34. The van der Waals surface area contributed by atoms with Gasteiger partial charge in [-0.15, -0.1) is 0 Å². The molecule has 162 valence electrons. The quantitative estimate of drug-likeness (QED) is 0.642. The van der Waals surface area contributed by atoms with Crippen molar-refractivity contribution in [2.45, 2.75) is 47.6 Å². The van der Waals surface area contributed by atoms with E-state index in [1.54, 1.807) is 0 Å². The largest absolute Gasteiger partial charge is 0.465 e. The van der Waals surface area contributed by atoms with Crippen LogP contribution in [0.4, 0.5) is 29.3 Å². The number of carbonyl (C=O) groups excluding carboxylic acids is 1. The predicted octanol–water partition coefficient (Wildman–Crippen LogP) is 5.78. The Morgan fingerprint density at radius 3 is 1.93 bits per heavy atom. The average molecular weight is 422 g/mol. The Kier molecular flexibility index (Phi) is 6.80. The number of rotatable bonds is 5. The van der Waals surface area contributed by atoms with E-state index in [4.69, 9.17) is 0 Å². The molecule has 0 radical (unpaired) electrons. The number of carbonyl (C=O) groups is 2. The molecule has 0 saturated heterocycles. The van der Waals surface area contributed by atoms with Crippen LogP contribution in [0.1, 0.15) is 43.9 Å². The van der Waals surface area contributed by atoms with Crippen molar-refractivity contribution in [2.24, 2.45) is 5.41 Å². The van der Waals surface area contributed by atoms with E-state index < -0.39 is 35.1 Å². The van der Waals surface area contributed by atoms with Crippen molar-refractivity contribution in [1.82, 2.24) is 0 Å². The molecule has 2 N–H and O–H groups in total. The third kappa shape index (κ3) is 5.31. The number of hydrogen-bond acceptors (Lipinski definition) is 2. The summed E-state index contributed by atoms with van der Waals surface area (Å²) in [6.45, 7) is 7.88. The molecule has 0 aliphatic heterocycles. The van der Waals surface area contributed by atoms with Gasteiger partial charge in [0, 0.05) is 17.5 Å². The third-order valence-electron chi connectivity index (χ3n) is 4.53. The Morgan fingerprint density at radius 2 is 1.50 bits per heavy atom. The summed E-state index contributed by atoms with van der Waals surface area (Å²) in [4.78, 5) is 24.6. The SMILES string of the molecule is Cc1c(F)c(N(Cc2ccc(F)cc2)C(=O)O)c(F)c(C)c1NC(=O)CC(C)(C)C. The van der Waals surface area contributed by atoms with E-state index in [1.165, 1.54) is 26.0 Å². The smallest absolute Gasteiger partial charge is 0.412 e. The van der Waals surface area contributed by atoms with Gasteiger partial charge in [-0.2, -0.15) is 0 Å². The lowest BCUT2D eigenvalue weighted by atomic mass is 9.92. The summed E-state index contributed by atoms with van der Waals surface area (Å²) in [5.41, 5.74) is -0.868. The zero-order valence-electron chi connectivity index (χ0n) is 17.6. The fourth-order valence-corrected chi connectivity index (χ4v) is 3.06. The van der Waals surface area contributed by atoms with Crippen molar-refractivity contribution in [3.05, 3.63) is 58.4 Å². The molecule has 8 heteroatoms. The zero-order chi connectivity index (χ0) is 22.8. The van der Waals surface area contributed by atoms with Crippen LogP contribution in [0.15, 0.2) is 24.3 Å². The lowest BCUT2D eigenvalue weighted by Gasteiger charge is -2.25. The summed E-state index contributed by atoms with van der Waals surface area (Å²) >= 11 is 0. The van der Waals surface area contributed by atoms with Crippen LogP contribution < -0.4 is 10.2 Å². The van der Waals surface area contributed by atoms with Gasteiger partial charge in [-0.3, -0.25) is 9.69 Å². The normalized spacial score (nSPS) is 11.3. The molecule has 2 aromatic carbocycles. The van der Waals surface area contributed by atoms with Gasteiger partial charge >= 0.3 is 6.09 Å². The van der Waals surface area contributed by atoms with E-state index in [1.807, 2.05) is 20.8 Å². The van der Waals surface area contributed by atoms with Gasteiger partial charge in [-0.25, -0.2) is 18.0 Å². The summed E-state index contributed by atoms with van der Waals surface area (Å²) in [6.07, 6.45) is -1.43. The first kappa shape index (κ1) is 23.3. The minimum absolute atomic E-state index is 0.0184. The van der Waals surface area contributed by atoms with Gasteiger partial charge in [0.15, 0.2) is 11.6 Å². The molecule has 0 aliphatic carbocycles. The molecule has 5 nitrogen and oxygen atoms in total. The number of hydrogen-bond donors (Lipinski definition) is 2. The lowest BCUT2D eigenvalue weighted by Crippen LogP contribution is -2.31. The van der Waals surface area contributed by atoms with E-state index >= 15 is 8.78 Å². The Labute approximate surface area is 173 Å². The number of halogens is 3. The molecule has 0 spiro atoms. The molecule has 0 saturated carbocycles. The van der Waals surface area contributed by atoms with Crippen LogP contribution >= 0.6 is 0 Å². The van der Waals surface area contributed by atoms with Crippen molar-refractivity contribution in [3.8, 4) is 0 Å². The van der Waals surface area contributed by atoms with Crippen molar-refractivity contribution in [2.75, 3.05) is 10.2 Å². The number of nitrogens with zero attached hydrogens (tertiary/aromatic N) is 1. The van der Waals surface area contributed by atoms with Gasteiger partial charge in [-0.1, -0.05) is 32.9 Å². The van der Waals surface area contributed by atoms with Crippen LogP contribution in [0, 0.1) is 36.7 Å². The van der Waals surface area contributed by atoms with Crippen LogP contribution in [0.3, 0.4) is 0 Å². The van der Waals surface area contributed by atoms with Crippen LogP contribution in [-0.4, -0.2) is 17.1 Å². The Bertz CT molecular complexity index is 938. The van der Waals surface area contributed by atoms with E-state index in [-0.39, 0.29) is 35.2 Å². The zero-order valence-corrected chi connectivity index (χ0v) is 17.6. The predicted molar refractivity (Wildman–Crippen MR) is 109 cm³/mol. The van der Waals surface area contributed by atoms with Crippen LogP contribution in [-0.2, 0) is 11.3 Å². The molecule has 0 atom stereocenters. The molecular weight excluding hydrogens is 397 g/mol. The van der Waals surface area contributed by atoms with Crippen molar-refractivity contribution in [1.29, 1.82) is 0 Å². The molecule has 0 aliphatic rings. The molecule has 2 aromatic rings. The lowest BCUT2D eigenvalue weighted by molar-refractivity contribution is -0.117. The maximum atomic E-state index is 15.1. The monoisotopic (exact) mass is 422 g/mol. The molecule has 30 heavy (non-hydrogen) atoms. The fourth-order valence-electron chi connectivity index (χ4n) is 3.06.